The van der Waals surface area contributed by atoms with Gasteiger partial charge in [0.05, 0.1) is 37.4 Å². The van der Waals surface area contributed by atoms with Crippen molar-refractivity contribution >= 4 is 16.6 Å². The zero-order valence-electron chi connectivity index (χ0n) is 16.7. The minimum Gasteiger partial charge on any atom is -0.494 e. The van der Waals surface area contributed by atoms with E-state index in [0.717, 1.165) is 24.8 Å². The number of ether oxygens (including phenoxy) is 1. The Morgan fingerprint density at radius 2 is 1.66 bits per heavy atom. The average Bonchev–Trinajstić information content (AvgIpc) is 2.78. The van der Waals surface area contributed by atoms with Crippen molar-refractivity contribution in [3.8, 4) is 17.1 Å². The van der Waals surface area contributed by atoms with Crippen LogP contribution in [0.25, 0.3) is 22.3 Å². The lowest BCUT2D eigenvalue weighted by atomic mass is 10.1. The van der Waals surface area contributed by atoms with E-state index in [9.17, 15) is 17.6 Å². The van der Waals surface area contributed by atoms with Crippen LogP contribution in [0, 0.1) is 5.82 Å². The molecule has 32 heavy (non-hydrogen) atoms. The van der Waals surface area contributed by atoms with E-state index in [2.05, 4.69) is 35.5 Å². The van der Waals surface area contributed by atoms with Crippen LogP contribution in [-0.4, -0.2) is 37.2 Å². The summed E-state index contributed by atoms with van der Waals surface area (Å²) in [6.45, 7) is 1.74. The molecule has 0 bridgehead atoms. The minimum atomic E-state index is -4.62. The van der Waals surface area contributed by atoms with Crippen molar-refractivity contribution in [1.82, 2.24) is 30.1 Å². The second-order valence-corrected chi connectivity index (χ2v) is 6.76. The molecule has 0 saturated carbocycles. The van der Waals surface area contributed by atoms with E-state index in [-0.39, 0.29) is 5.82 Å². The summed E-state index contributed by atoms with van der Waals surface area (Å²) in [5, 5.41) is 11.9. The normalized spacial score (nSPS) is 12.6. The fraction of sp³-hybridized carbons (Fsp3) is 0.200. The molecule has 3 aromatic heterocycles. The molecule has 0 aliphatic rings. The van der Waals surface area contributed by atoms with E-state index in [1.165, 1.54) is 13.3 Å². The Morgan fingerprint density at radius 3 is 2.28 bits per heavy atom. The lowest BCUT2D eigenvalue weighted by molar-refractivity contribution is -0.145. The minimum absolute atomic E-state index is 0.276. The second-order valence-electron chi connectivity index (χ2n) is 6.76. The average molecular weight is 445 g/mol. The number of benzene rings is 1. The number of halogens is 4. The summed E-state index contributed by atoms with van der Waals surface area (Å²) in [5.74, 6) is -1.11. The predicted molar refractivity (Wildman–Crippen MR) is 106 cm³/mol. The molecule has 0 amide bonds. The molecule has 1 aromatic carbocycles. The van der Waals surface area contributed by atoms with Gasteiger partial charge >= 0.3 is 6.18 Å². The fourth-order valence-corrected chi connectivity index (χ4v) is 3.02. The molecule has 0 aliphatic carbocycles. The number of fused-ring (bicyclic) bond motifs is 1. The number of nitrogens with zero attached hydrogens (tertiary/aromatic N) is 6. The van der Waals surface area contributed by atoms with Crippen molar-refractivity contribution in [2.45, 2.75) is 19.1 Å². The van der Waals surface area contributed by atoms with Gasteiger partial charge in [0.1, 0.15) is 11.3 Å². The molecule has 1 atom stereocenters. The quantitative estimate of drug-likeness (QED) is 0.456. The van der Waals surface area contributed by atoms with Gasteiger partial charge in [-0.2, -0.15) is 18.3 Å². The van der Waals surface area contributed by atoms with E-state index >= 15 is 0 Å². The first-order chi connectivity index (χ1) is 15.3. The molecule has 164 valence electrons. The lowest BCUT2D eigenvalue weighted by Gasteiger charge is -2.17. The number of anilines is 1. The predicted octanol–water partition coefficient (Wildman–Crippen LogP) is 4.22. The molecule has 3 heterocycles. The summed E-state index contributed by atoms with van der Waals surface area (Å²) in [6, 6.07) is 2.93. The Kier molecular flexibility index (Phi) is 5.51. The van der Waals surface area contributed by atoms with Crippen LogP contribution in [0.3, 0.4) is 0 Å². The summed E-state index contributed by atoms with van der Waals surface area (Å²) >= 11 is 0. The van der Waals surface area contributed by atoms with Crippen molar-refractivity contribution in [1.29, 1.82) is 0 Å². The first-order valence-corrected chi connectivity index (χ1v) is 9.23. The maximum atomic E-state index is 13.2. The Hall–Kier alpha value is -3.96. The number of hydrogen-bond donors (Lipinski definition) is 1. The van der Waals surface area contributed by atoms with E-state index in [4.69, 9.17) is 4.74 Å². The summed E-state index contributed by atoms with van der Waals surface area (Å²) in [6.07, 6.45) is 1.19. The molecule has 0 aliphatic heterocycles. The van der Waals surface area contributed by atoms with Crippen LogP contribution in [0.5, 0.6) is 5.75 Å². The maximum absolute atomic E-state index is 13.2. The van der Waals surface area contributed by atoms with Crippen molar-refractivity contribution in [2.75, 3.05) is 12.4 Å². The number of rotatable bonds is 5. The molecule has 8 nitrogen and oxygen atoms in total. The highest BCUT2D eigenvalue weighted by molar-refractivity contribution is 5.97. The Labute approximate surface area is 178 Å². The van der Waals surface area contributed by atoms with E-state index in [1.807, 2.05) is 0 Å². The molecule has 4 aromatic rings. The fourth-order valence-electron chi connectivity index (χ4n) is 3.02. The molecule has 0 spiro atoms. The summed E-state index contributed by atoms with van der Waals surface area (Å²) < 4.78 is 56.8. The van der Waals surface area contributed by atoms with Crippen LogP contribution in [-0.2, 0) is 6.18 Å². The van der Waals surface area contributed by atoms with Crippen LogP contribution >= 0.6 is 0 Å². The lowest BCUT2D eigenvalue weighted by Crippen LogP contribution is -2.13. The second kappa shape index (κ2) is 8.29. The number of alkyl halides is 3. The Bertz CT molecular complexity index is 1250. The van der Waals surface area contributed by atoms with Gasteiger partial charge in [-0.15, -0.1) is 5.10 Å². The highest BCUT2D eigenvalue weighted by Gasteiger charge is 2.34. The molecular formula is C20H15F4N7O. The third-order valence-electron chi connectivity index (χ3n) is 4.61. The van der Waals surface area contributed by atoms with Gasteiger partial charge in [0.15, 0.2) is 11.6 Å². The highest BCUT2D eigenvalue weighted by atomic mass is 19.4. The Balaban J connectivity index is 1.72. The Morgan fingerprint density at radius 1 is 0.969 bits per heavy atom. The number of aromatic nitrogens is 6. The molecule has 0 radical (unpaired) electrons. The first-order valence-electron chi connectivity index (χ1n) is 9.23. The zero-order chi connectivity index (χ0) is 22.9. The monoisotopic (exact) mass is 445 g/mol. The zero-order valence-corrected chi connectivity index (χ0v) is 16.7. The number of methoxy groups -OCH3 is 1. The topological polar surface area (TPSA) is 98.6 Å². The van der Waals surface area contributed by atoms with Crippen LogP contribution in [0.2, 0.25) is 0 Å². The summed E-state index contributed by atoms with van der Waals surface area (Å²) in [7, 11) is 1.47. The van der Waals surface area contributed by atoms with Crippen LogP contribution < -0.4 is 10.1 Å². The molecular weight excluding hydrogens is 430 g/mol. The van der Waals surface area contributed by atoms with Crippen LogP contribution in [0.15, 0.2) is 43.1 Å². The van der Waals surface area contributed by atoms with Crippen molar-refractivity contribution in [2.24, 2.45) is 0 Å². The molecule has 4 rings (SSSR count). The molecule has 0 saturated heterocycles. The van der Waals surface area contributed by atoms with E-state index < -0.39 is 23.9 Å². The van der Waals surface area contributed by atoms with Gasteiger partial charge < -0.3 is 10.1 Å². The van der Waals surface area contributed by atoms with Crippen molar-refractivity contribution in [3.05, 3.63) is 60.3 Å². The SMILES string of the molecule is COc1cc(-c2ncc(F)cn2)cc2c(N[C@H](C)c3cnc(C(F)(F)F)nc3)cnnc12. The maximum Gasteiger partial charge on any atom is 0.451 e. The molecule has 0 fully saturated rings. The number of nitrogens with one attached hydrogen (secondary N) is 1. The van der Waals surface area contributed by atoms with E-state index in [0.29, 0.717) is 33.5 Å². The van der Waals surface area contributed by atoms with Gasteiger partial charge in [-0.1, -0.05) is 0 Å². The standard InChI is InChI=1S/C20H15F4N7O/c1-10(12-5-27-19(28-6-12)20(22,23)24)30-15-9-29-31-17-14(15)3-11(4-16(17)32-2)18-25-7-13(21)8-26-18/h3-10H,1-2H3,(H,30,31)/t10-/m1/s1. The molecule has 1 N–H and O–H groups in total. The third kappa shape index (κ3) is 4.24. The van der Waals surface area contributed by atoms with Gasteiger partial charge in [-0.05, 0) is 19.1 Å². The van der Waals surface area contributed by atoms with Gasteiger partial charge in [0.25, 0.3) is 0 Å². The van der Waals surface area contributed by atoms with Gasteiger partial charge in [-0.25, -0.2) is 24.3 Å². The van der Waals surface area contributed by atoms with Gasteiger partial charge in [0, 0.05) is 28.9 Å². The van der Waals surface area contributed by atoms with Crippen molar-refractivity contribution < 1.29 is 22.3 Å². The van der Waals surface area contributed by atoms with E-state index in [1.54, 1.807) is 19.1 Å². The van der Waals surface area contributed by atoms with Gasteiger partial charge in [-0.3, -0.25) is 0 Å². The van der Waals surface area contributed by atoms with Crippen LogP contribution in [0.4, 0.5) is 23.2 Å². The van der Waals surface area contributed by atoms with Crippen molar-refractivity contribution in [3.63, 3.8) is 0 Å². The largest absolute Gasteiger partial charge is 0.494 e. The third-order valence-corrected chi connectivity index (χ3v) is 4.61. The summed E-state index contributed by atoms with van der Waals surface area (Å²) in [5.41, 5.74) is 1.97. The molecule has 12 heteroatoms. The van der Waals surface area contributed by atoms with Crippen LogP contribution in [0.1, 0.15) is 24.4 Å². The summed E-state index contributed by atoms with van der Waals surface area (Å²) in [4.78, 5) is 14.8. The number of hydrogen-bond acceptors (Lipinski definition) is 8. The highest BCUT2D eigenvalue weighted by Crippen LogP contribution is 2.34. The smallest absolute Gasteiger partial charge is 0.451 e. The van der Waals surface area contributed by atoms with Gasteiger partial charge in [0.2, 0.25) is 5.82 Å². The molecule has 0 unspecified atom stereocenters. The first kappa shape index (κ1) is 21.3.